The fourth-order valence-corrected chi connectivity index (χ4v) is 3.54. The number of aliphatic hydroxyl groups is 1. The normalized spacial score (nSPS) is 17.2. The topological polar surface area (TPSA) is 29.5 Å². The summed E-state index contributed by atoms with van der Waals surface area (Å²) >= 11 is 3.49. The number of ether oxygens (including phenoxy) is 1. The zero-order valence-electron chi connectivity index (χ0n) is 12.5. The summed E-state index contributed by atoms with van der Waals surface area (Å²) in [7, 11) is 0. The lowest BCUT2D eigenvalue weighted by Crippen LogP contribution is -2.24. The Bertz CT molecular complexity index is 671. The molecule has 0 saturated carbocycles. The Labute approximate surface area is 133 Å². The van der Waals surface area contributed by atoms with Gasteiger partial charge >= 0.3 is 0 Å². The van der Waals surface area contributed by atoms with E-state index in [0.717, 1.165) is 33.3 Å². The van der Waals surface area contributed by atoms with Crippen molar-refractivity contribution in [1.29, 1.82) is 0 Å². The number of rotatable bonds is 2. The van der Waals surface area contributed by atoms with Gasteiger partial charge in [-0.15, -0.1) is 0 Å². The molecule has 0 aromatic heterocycles. The highest BCUT2D eigenvalue weighted by molar-refractivity contribution is 9.10. The second-order valence-electron chi connectivity index (χ2n) is 6.37. The number of aryl methyl sites for hydroxylation is 1. The van der Waals surface area contributed by atoms with Gasteiger partial charge in [0.05, 0.1) is 0 Å². The van der Waals surface area contributed by atoms with Crippen molar-refractivity contribution in [1.82, 2.24) is 0 Å². The van der Waals surface area contributed by atoms with E-state index in [0.29, 0.717) is 0 Å². The van der Waals surface area contributed by atoms with Crippen molar-refractivity contribution in [2.75, 3.05) is 0 Å². The smallest absolute Gasteiger partial charge is 0.123 e. The maximum Gasteiger partial charge on any atom is 0.123 e. The van der Waals surface area contributed by atoms with Gasteiger partial charge in [0.25, 0.3) is 0 Å². The van der Waals surface area contributed by atoms with E-state index in [1.165, 1.54) is 5.56 Å². The van der Waals surface area contributed by atoms with Crippen LogP contribution < -0.4 is 4.74 Å². The Morgan fingerprint density at radius 2 is 1.90 bits per heavy atom. The monoisotopic (exact) mass is 346 g/mol. The summed E-state index contributed by atoms with van der Waals surface area (Å²) in [5.41, 5.74) is 3.96. The second kappa shape index (κ2) is 5.15. The van der Waals surface area contributed by atoms with E-state index in [1.807, 2.05) is 37.3 Å². The maximum absolute atomic E-state index is 10.6. The summed E-state index contributed by atoms with van der Waals surface area (Å²) in [5, 5.41) is 10.6. The van der Waals surface area contributed by atoms with Crippen molar-refractivity contribution < 1.29 is 9.84 Å². The van der Waals surface area contributed by atoms with Gasteiger partial charge in [-0.05, 0) is 67.3 Å². The largest absolute Gasteiger partial charge is 0.487 e. The molecule has 1 unspecified atom stereocenters. The molecule has 0 amide bonds. The third-order valence-corrected chi connectivity index (χ3v) is 4.24. The van der Waals surface area contributed by atoms with E-state index in [2.05, 4.69) is 35.8 Å². The number of hydrogen-bond donors (Lipinski definition) is 1. The molecule has 1 aliphatic rings. The number of halogens is 1. The van der Waals surface area contributed by atoms with E-state index < -0.39 is 6.10 Å². The summed E-state index contributed by atoms with van der Waals surface area (Å²) < 4.78 is 6.87. The Morgan fingerprint density at radius 3 is 2.62 bits per heavy atom. The number of hydrogen-bond acceptors (Lipinski definition) is 2. The van der Waals surface area contributed by atoms with Crippen LogP contribution in [0.1, 0.15) is 42.2 Å². The molecule has 2 nitrogen and oxygen atoms in total. The Morgan fingerprint density at radius 1 is 1.14 bits per heavy atom. The fourth-order valence-electron chi connectivity index (χ4n) is 2.91. The third-order valence-electron chi connectivity index (χ3n) is 3.78. The highest BCUT2D eigenvalue weighted by Gasteiger charge is 2.30. The average molecular weight is 347 g/mol. The fraction of sp³-hybridized carbons (Fsp3) is 0.333. The molecule has 0 radical (unpaired) electrons. The lowest BCUT2D eigenvalue weighted by molar-refractivity contribution is 0.138. The van der Waals surface area contributed by atoms with Gasteiger partial charge in [-0.2, -0.15) is 0 Å². The molecule has 0 spiro atoms. The van der Waals surface area contributed by atoms with Crippen LogP contribution >= 0.6 is 15.9 Å². The number of aliphatic hydroxyl groups excluding tert-OH is 1. The minimum atomic E-state index is -0.616. The quantitative estimate of drug-likeness (QED) is 0.863. The minimum Gasteiger partial charge on any atom is -0.487 e. The van der Waals surface area contributed by atoms with Crippen LogP contribution in [0.4, 0.5) is 0 Å². The highest BCUT2D eigenvalue weighted by Crippen LogP contribution is 2.37. The van der Waals surface area contributed by atoms with Gasteiger partial charge in [0.15, 0.2) is 0 Å². The molecule has 3 heteroatoms. The van der Waals surface area contributed by atoms with Crippen LogP contribution in [0.15, 0.2) is 40.9 Å². The van der Waals surface area contributed by atoms with Crippen molar-refractivity contribution >= 4 is 15.9 Å². The van der Waals surface area contributed by atoms with E-state index in [1.54, 1.807) is 0 Å². The van der Waals surface area contributed by atoms with E-state index in [-0.39, 0.29) is 5.60 Å². The van der Waals surface area contributed by atoms with Gasteiger partial charge < -0.3 is 9.84 Å². The van der Waals surface area contributed by atoms with Crippen molar-refractivity contribution in [3.8, 4) is 5.75 Å². The van der Waals surface area contributed by atoms with E-state index in [9.17, 15) is 5.11 Å². The highest BCUT2D eigenvalue weighted by atomic mass is 79.9. The minimum absolute atomic E-state index is 0.154. The first kappa shape index (κ1) is 14.6. The van der Waals surface area contributed by atoms with Gasteiger partial charge in [0.2, 0.25) is 0 Å². The summed E-state index contributed by atoms with van der Waals surface area (Å²) in [4.78, 5) is 0. The van der Waals surface area contributed by atoms with Gasteiger partial charge in [0.1, 0.15) is 17.5 Å². The number of benzene rings is 2. The molecule has 1 atom stereocenters. The molecule has 0 aliphatic carbocycles. The third kappa shape index (κ3) is 2.99. The summed E-state index contributed by atoms with van der Waals surface area (Å²) in [5.74, 6) is 0.932. The molecule has 0 bridgehead atoms. The van der Waals surface area contributed by atoms with Crippen LogP contribution in [0.2, 0.25) is 0 Å². The average Bonchev–Trinajstić information content (AvgIpc) is 2.69. The molecule has 0 saturated heterocycles. The molecule has 3 rings (SSSR count). The van der Waals surface area contributed by atoms with Crippen LogP contribution in [-0.4, -0.2) is 10.7 Å². The molecule has 1 aliphatic heterocycles. The van der Waals surface area contributed by atoms with E-state index in [4.69, 9.17) is 4.74 Å². The molecular weight excluding hydrogens is 328 g/mol. The first-order valence-corrected chi connectivity index (χ1v) is 7.90. The van der Waals surface area contributed by atoms with Gasteiger partial charge in [-0.25, -0.2) is 0 Å². The van der Waals surface area contributed by atoms with Crippen LogP contribution in [0, 0.1) is 6.92 Å². The predicted octanol–water partition coefficient (Wildman–Crippen LogP) is 4.55. The molecule has 110 valence electrons. The van der Waals surface area contributed by atoms with Gasteiger partial charge in [0, 0.05) is 10.9 Å². The SMILES string of the molecule is Cc1cc(Br)cc(C(O)c2ccc3c(c2)CC(C)(C)O3)c1. The second-order valence-corrected chi connectivity index (χ2v) is 7.29. The molecular formula is C18H19BrO2. The standard InChI is InChI=1S/C18H19BrO2/c1-11-6-13(9-15(19)7-11)17(20)12-4-5-16-14(8-12)10-18(2,3)21-16/h4-9,17,20H,10H2,1-3H3. The molecule has 0 fully saturated rings. The zero-order chi connectivity index (χ0) is 15.2. The lowest BCUT2D eigenvalue weighted by Gasteiger charge is -2.16. The molecule has 21 heavy (non-hydrogen) atoms. The lowest BCUT2D eigenvalue weighted by atomic mass is 9.95. The Kier molecular flexibility index (Phi) is 3.58. The first-order chi connectivity index (χ1) is 9.84. The number of fused-ring (bicyclic) bond motifs is 1. The molecule has 1 heterocycles. The summed E-state index contributed by atoms with van der Waals surface area (Å²) in [6.45, 7) is 6.20. The summed E-state index contributed by atoms with van der Waals surface area (Å²) in [6.07, 6.45) is 0.260. The molecule has 2 aromatic carbocycles. The predicted molar refractivity (Wildman–Crippen MR) is 87.8 cm³/mol. The van der Waals surface area contributed by atoms with E-state index >= 15 is 0 Å². The zero-order valence-corrected chi connectivity index (χ0v) is 14.1. The van der Waals surface area contributed by atoms with Crippen molar-refractivity contribution in [3.05, 3.63) is 63.1 Å². The van der Waals surface area contributed by atoms with Crippen LogP contribution in [0.25, 0.3) is 0 Å². The van der Waals surface area contributed by atoms with Gasteiger partial charge in [-0.1, -0.05) is 28.1 Å². The Hall–Kier alpha value is -1.32. The van der Waals surface area contributed by atoms with Crippen LogP contribution in [0.3, 0.4) is 0 Å². The van der Waals surface area contributed by atoms with Crippen molar-refractivity contribution in [3.63, 3.8) is 0 Å². The van der Waals surface area contributed by atoms with Crippen molar-refractivity contribution in [2.45, 2.75) is 38.9 Å². The molecule has 1 N–H and O–H groups in total. The Balaban J connectivity index is 1.95. The van der Waals surface area contributed by atoms with Crippen molar-refractivity contribution in [2.24, 2.45) is 0 Å². The first-order valence-electron chi connectivity index (χ1n) is 7.11. The summed E-state index contributed by atoms with van der Waals surface area (Å²) in [6, 6.07) is 12.0. The maximum atomic E-state index is 10.6. The molecule has 2 aromatic rings. The van der Waals surface area contributed by atoms with Crippen LogP contribution in [-0.2, 0) is 6.42 Å². The van der Waals surface area contributed by atoms with Gasteiger partial charge in [-0.3, -0.25) is 0 Å². The van der Waals surface area contributed by atoms with Crippen LogP contribution in [0.5, 0.6) is 5.75 Å².